The lowest BCUT2D eigenvalue weighted by Crippen LogP contribution is -2.36. The van der Waals surface area contributed by atoms with E-state index < -0.39 is 0 Å². The van der Waals surface area contributed by atoms with Crippen molar-refractivity contribution in [3.8, 4) is 0 Å². The van der Waals surface area contributed by atoms with Crippen LogP contribution in [-0.2, 0) is 9.59 Å². The summed E-state index contributed by atoms with van der Waals surface area (Å²) in [7, 11) is 1.81. The van der Waals surface area contributed by atoms with E-state index in [0.29, 0.717) is 6.42 Å². The molecule has 2 saturated heterocycles. The number of carbonyl (C=O) groups is 2. The number of carbonyl (C=O) groups excluding carboxylic acids is 2. The van der Waals surface area contributed by atoms with Gasteiger partial charge in [0.1, 0.15) is 0 Å². The number of nitrogens with zero attached hydrogens (tertiary/aromatic N) is 2. The van der Waals surface area contributed by atoms with Crippen molar-refractivity contribution in [1.82, 2.24) is 9.80 Å². The maximum absolute atomic E-state index is 12.7. The van der Waals surface area contributed by atoms with Crippen molar-refractivity contribution in [3.05, 3.63) is 35.4 Å². The van der Waals surface area contributed by atoms with Crippen molar-refractivity contribution < 1.29 is 9.59 Å². The molecule has 0 bridgehead atoms. The summed E-state index contributed by atoms with van der Waals surface area (Å²) < 4.78 is 0. The van der Waals surface area contributed by atoms with Crippen LogP contribution in [0.25, 0.3) is 0 Å². The zero-order valence-corrected chi connectivity index (χ0v) is 12.7. The van der Waals surface area contributed by atoms with Crippen LogP contribution < -0.4 is 0 Å². The second kappa shape index (κ2) is 5.51. The molecule has 4 nitrogen and oxygen atoms in total. The fraction of sp³-hybridized carbons (Fsp3) is 0.529. The lowest BCUT2D eigenvalue weighted by Gasteiger charge is -2.27. The summed E-state index contributed by atoms with van der Waals surface area (Å²) in [6.45, 7) is 3.72. The van der Waals surface area contributed by atoms with Gasteiger partial charge in [0.15, 0.2) is 0 Å². The lowest BCUT2D eigenvalue weighted by molar-refractivity contribution is -0.135. The minimum absolute atomic E-state index is 0.0677. The number of hydrogen-bond donors (Lipinski definition) is 0. The third-order valence-electron chi connectivity index (χ3n) is 4.74. The van der Waals surface area contributed by atoms with Crippen molar-refractivity contribution in [2.75, 3.05) is 20.1 Å². The number of aryl methyl sites for hydroxylation is 1. The van der Waals surface area contributed by atoms with Crippen LogP contribution in [-0.4, -0.2) is 41.8 Å². The predicted octanol–water partition coefficient (Wildman–Crippen LogP) is 2.14. The highest BCUT2D eigenvalue weighted by molar-refractivity contribution is 5.90. The SMILES string of the molecule is Cc1ccc([C@@H]2[C@@H](C(=O)N3CCCC3)CC(=O)N2C)cc1. The smallest absolute Gasteiger partial charge is 0.228 e. The molecule has 2 atom stereocenters. The third kappa shape index (κ3) is 2.55. The molecule has 2 heterocycles. The molecule has 2 fully saturated rings. The van der Waals surface area contributed by atoms with Crippen LogP contribution >= 0.6 is 0 Å². The molecule has 2 aliphatic heterocycles. The van der Waals surface area contributed by atoms with E-state index in [9.17, 15) is 9.59 Å². The van der Waals surface area contributed by atoms with Gasteiger partial charge >= 0.3 is 0 Å². The summed E-state index contributed by atoms with van der Waals surface area (Å²) in [5.74, 6) is -0.0165. The average molecular weight is 286 g/mol. The van der Waals surface area contributed by atoms with Crippen LogP contribution in [0.15, 0.2) is 24.3 Å². The maximum Gasteiger partial charge on any atom is 0.228 e. The molecule has 0 aromatic heterocycles. The van der Waals surface area contributed by atoms with Gasteiger partial charge in [-0.1, -0.05) is 29.8 Å². The van der Waals surface area contributed by atoms with Gasteiger partial charge in [0.25, 0.3) is 0 Å². The van der Waals surface area contributed by atoms with Gasteiger partial charge in [-0.3, -0.25) is 9.59 Å². The quantitative estimate of drug-likeness (QED) is 0.835. The van der Waals surface area contributed by atoms with Crippen molar-refractivity contribution in [1.29, 1.82) is 0 Å². The van der Waals surface area contributed by atoms with E-state index in [1.54, 1.807) is 4.90 Å². The Morgan fingerprint density at radius 1 is 1.14 bits per heavy atom. The molecule has 3 rings (SSSR count). The topological polar surface area (TPSA) is 40.6 Å². The Bertz CT molecular complexity index is 546. The number of likely N-dealkylation sites (tertiary alicyclic amines) is 2. The molecular formula is C17H22N2O2. The first-order valence-electron chi connectivity index (χ1n) is 7.69. The first-order chi connectivity index (χ1) is 10.1. The second-order valence-electron chi connectivity index (χ2n) is 6.20. The van der Waals surface area contributed by atoms with E-state index in [0.717, 1.165) is 31.5 Å². The molecular weight excluding hydrogens is 264 g/mol. The highest BCUT2D eigenvalue weighted by Crippen LogP contribution is 2.38. The molecule has 0 N–H and O–H groups in total. The largest absolute Gasteiger partial charge is 0.342 e. The van der Waals surface area contributed by atoms with Crippen LogP contribution in [0, 0.1) is 12.8 Å². The molecule has 21 heavy (non-hydrogen) atoms. The van der Waals surface area contributed by atoms with E-state index in [-0.39, 0.29) is 23.8 Å². The lowest BCUT2D eigenvalue weighted by atomic mass is 9.92. The van der Waals surface area contributed by atoms with E-state index in [1.165, 1.54) is 5.56 Å². The third-order valence-corrected chi connectivity index (χ3v) is 4.74. The Hall–Kier alpha value is -1.84. The average Bonchev–Trinajstić information content (AvgIpc) is 3.09. The zero-order chi connectivity index (χ0) is 15.0. The minimum atomic E-state index is -0.233. The van der Waals surface area contributed by atoms with Crippen LogP contribution in [0.2, 0.25) is 0 Å². The molecule has 1 aromatic carbocycles. The summed E-state index contributed by atoms with van der Waals surface area (Å²) in [5.41, 5.74) is 2.25. The Morgan fingerprint density at radius 2 is 1.76 bits per heavy atom. The first-order valence-corrected chi connectivity index (χ1v) is 7.69. The number of rotatable bonds is 2. The molecule has 2 amide bonds. The summed E-state index contributed by atoms with van der Waals surface area (Å²) in [4.78, 5) is 28.5. The molecule has 1 aromatic rings. The van der Waals surface area contributed by atoms with Crippen molar-refractivity contribution >= 4 is 11.8 Å². The fourth-order valence-corrected chi connectivity index (χ4v) is 3.48. The Kier molecular flexibility index (Phi) is 3.70. The summed E-state index contributed by atoms with van der Waals surface area (Å²) in [6.07, 6.45) is 2.50. The first kappa shape index (κ1) is 14.1. The molecule has 112 valence electrons. The number of benzene rings is 1. The summed E-state index contributed by atoms with van der Waals surface area (Å²) in [6, 6.07) is 8.05. The summed E-state index contributed by atoms with van der Waals surface area (Å²) >= 11 is 0. The van der Waals surface area contributed by atoms with Gasteiger partial charge in [-0.25, -0.2) is 0 Å². The second-order valence-corrected chi connectivity index (χ2v) is 6.20. The molecule has 2 aliphatic rings. The molecule has 0 spiro atoms. The van der Waals surface area contributed by atoms with Crippen LogP contribution in [0.3, 0.4) is 0 Å². The molecule has 0 saturated carbocycles. The van der Waals surface area contributed by atoms with Crippen molar-refractivity contribution in [2.45, 2.75) is 32.2 Å². The van der Waals surface area contributed by atoms with E-state index in [4.69, 9.17) is 0 Å². The maximum atomic E-state index is 12.7. The Labute approximate surface area is 125 Å². The molecule has 4 heteroatoms. The number of amides is 2. The minimum Gasteiger partial charge on any atom is -0.342 e. The van der Waals surface area contributed by atoms with Crippen molar-refractivity contribution in [2.24, 2.45) is 5.92 Å². The molecule has 0 unspecified atom stereocenters. The fourth-order valence-electron chi connectivity index (χ4n) is 3.48. The van der Waals surface area contributed by atoms with Gasteiger partial charge < -0.3 is 9.80 Å². The molecule has 0 radical (unpaired) electrons. The van der Waals surface area contributed by atoms with Crippen molar-refractivity contribution in [3.63, 3.8) is 0 Å². The Morgan fingerprint density at radius 3 is 2.38 bits per heavy atom. The van der Waals surface area contributed by atoms with E-state index in [2.05, 4.69) is 0 Å². The summed E-state index contributed by atoms with van der Waals surface area (Å²) in [5, 5.41) is 0. The normalized spacial score (nSPS) is 25.7. The van der Waals surface area contributed by atoms with Gasteiger partial charge in [0, 0.05) is 26.6 Å². The predicted molar refractivity (Wildman–Crippen MR) is 80.6 cm³/mol. The van der Waals surface area contributed by atoms with Gasteiger partial charge in [-0.15, -0.1) is 0 Å². The van der Waals surface area contributed by atoms with Gasteiger partial charge in [0.2, 0.25) is 11.8 Å². The number of hydrogen-bond acceptors (Lipinski definition) is 2. The standard InChI is InChI=1S/C17H22N2O2/c1-12-5-7-13(8-6-12)16-14(11-15(20)18(16)2)17(21)19-9-3-4-10-19/h5-8,14,16H,3-4,9-11H2,1-2H3/t14-,16+/m0/s1. The van der Waals surface area contributed by atoms with Gasteiger partial charge in [0.05, 0.1) is 12.0 Å². The van der Waals surface area contributed by atoms with Crippen LogP contribution in [0.5, 0.6) is 0 Å². The van der Waals surface area contributed by atoms with Crippen LogP contribution in [0.4, 0.5) is 0 Å². The zero-order valence-electron chi connectivity index (χ0n) is 12.7. The monoisotopic (exact) mass is 286 g/mol. The highest BCUT2D eigenvalue weighted by atomic mass is 16.2. The van der Waals surface area contributed by atoms with Crippen LogP contribution in [0.1, 0.15) is 36.4 Å². The van der Waals surface area contributed by atoms with E-state index >= 15 is 0 Å². The Balaban J connectivity index is 1.88. The highest BCUT2D eigenvalue weighted by Gasteiger charge is 2.44. The van der Waals surface area contributed by atoms with Gasteiger partial charge in [-0.2, -0.15) is 0 Å². The van der Waals surface area contributed by atoms with Gasteiger partial charge in [-0.05, 0) is 25.3 Å². The van der Waals surface area contributed by atoms with E-state index in [1.807, 2.05) is 43.1 Å². The molecule has 0 aliphatic carbocycles.